The molecule has 4 N–H and O–H groups in total. The molecule has 0 rings (SSSR count). The van der Waals surface area contributed by atoms with Gasteiger partial charge in [-0.3, -0.25) is 0 Å². The van der Waals surface area contributed by atoms with Crippen LogP contribution in [0.15, 0.2) is 0 Å². The van der Waals surface area contributed by atoms with Gasteiger partial charge < -0.3 is 0 Å². The van der Waals surface area contributed by atoms with Crippen molar-refractivity contribution in [3.63, 3.8) is 0 Å². The second kappa shape index (κ2) is 7.59. The van der Waals surface area contributed by atoms with Crippen LogP contribution >= 0.6 is 0 Å². The summed E-state index contributed by atoms with van der Waals surface area (Å²) < 4.78 is 0. The first-order valence-corrected chi connectivity index (χ1v) is 7.71. The Morgan fingerprint density at radius 2 is 2.08 bits per heavy atom. The Hall–Kier alpha value is -0.0505. The first-order valence-electron chi connectivity index (χ1n) is 4.74. The van der Waals surface area contributed by atoms with Gasteiger partial charge in [0.25, 0.3) is 0 Å². The van der Waals surface area contributed by atoms with Crippen LogP contribution in [0.1, 0.15) is 25.7 Å². The van der Waals surface area contributed by atoms with Crippen LogP contribution in [0.3, 0.4) is 0 Å². The van der Waals surface area contributed by atoms with Gasteiger partial charge in [0, 0.05) is 0 Å². The van der Waals surface area contributed by atoms with Gasteiger partial charge in [-0.25, -0.2) is 0 Å². The van der Waals surface area contributed by atoms with Crippen molar-refractivity contribution in [2.75, 3.05) is 6.54 Å². The molecule has 1 atom stereocenters. The van der Waals surface area contributed by atoms with E-state index in [9.17, 15) is 4.79 Å². The van der Waals surface area contributed by atoms with Crippen LogP contribution in [-0.4, -0.2) is 33.6 Å². The molecule has 0 spiro atoms. The van der Waals surface area contributed by atoms with Crippen molar-refractivity contribution in [3.8, 4) is 0 Å². The van der Waals surface area contributed by atoms with E-state index < -0.39 is 5.97 Å². The molecule has 0 aliphatic carbocycles. The van der Waals surface area contributed by atoms with E-state index in [1.165, 1.54) is 0 Å². The molecule has 0 fully saturated rings. The normalized spacial score (nSPS) is 12.9. The molecule has 76 valence electrons. The first kappa shape index (κ1) is 11.9. The standard InChI is InChI=1S/C8H21NO2Se/c9-5-3-1-2-4-7(6-12)8(10)11/h7H,1-6,9H2,12H5,(H,10,11)/p+1/t7-/m0/s1. The maximum atomic E-state index is 10.6. The monoisotopic (exact) mass is 244 g/mol. The number of unbranched alkanes of at least 4 members (excludes halogenated alkanes) is 2. The van der Waals surface area contributed by atoms with Crippen molar-refractivity contribution in [1.82, 2.24) is 0 Å². The molecule has 0 unspecified atom stereocenters. The SMILES string of the molecule is [NH3+]CCCCC[C@@H](C[SeH5])C(=O)O. The number of carboxylic acids is 1. The summed E-state index contributed by atoms with van der Waals surface area (Å²) in [5, 5.41) is 9.68. The van der Waals surface area contributed by atoms with E-state index in [4.69, 9.17) is 5.11 Å². The van der Waals surface area contributed by atoms with Gasteiger partial charge in [-0.05, 0) is 0 Å². The van der Waals surface area contributed by atoms with Gasteiger partial charge in [0.05, 0.1) is 0 Å². The van der Waals surface area contributed by atoms with Gasteiger partial charge in [0.1, 0.15) is 0 Å². The summed E-state index contributed by atoms with van der Waals surface area (Å²) in [7, 11) is 0. The van der Waals surface area contributed by atoms with Gasteiger partial charge >= 0.3 is 81.1 Å². The average Bonchev–Trinajstić information content (AvgIpc) is 2.04. The van der Waals surface area contributed by atoms with Crippen LogP contribution < -0.4 is 5.73 Å². The van der Waals surface area contributed by atoms with Crippen LogP contribution in [-0.2, 0) is 4.79 Å². The van der Waals surface area contributed by atoms with E-state index in [1.807, 2.05) is 0 Å². The summed E-state index contributed by atoms with van der Waals surface area (Å²) in [6.45, 7) is 0.974. The van der Waals surface area contributed by atoms with Gasteiger partial charge in [0.2, 0.25) is 0 Å². The number of quaternary nitrogens is 1. The molecule has 12 heavy (non-hydrogen) atoms. The third kappa shape index (κ3) is 5.58. The third-order valence-corrected chi connectivity index (χ3v) is 4.21. The van der Waals surface area contributed by atoms with Crippen LogP contribution in [0.2, 0.25) is 5.32 Å². The quantitative estimate of drug-likeness (QED) is 0.433. The fraction of sp³-hybridized carbons (Fsp3) is 0.875. The second-order valence-corrected chi connectivity index (χ2v) is 4.86. The zero-order valence-electron chi connectivity index (χ0n) is 7.88. The van der Waals surface area contributed by atoms with Crippen molar-refractivity contribution >= 4 is 22.0 Å². The van der Waals surface area contributed by atoms with E-state index in [1.54, 1.807) is 0 Å². The molecule has 0 radical (unpaired) electrons. The summed E-state index contributed by atoms with van der Waals surface area (Å²) in [5.41, 5.74) is 3.75. The number of rotatable bonds is 7. The molecule has 0 aliphatic rings. The minimum atomic E-state index is -0.599. The fourth-order valence-electron chi connectivity index (χ4n) is 1.25. The Morgan fingerprint density at radius 3 is 2.50 bits per heavy atom. The molecular weight excluding hydrogens is 221 g/mol. The van der Waals surface area contributed by atoms with Crippen LogP contribution in [0.25, 0.3) is 0 Å². The summed E-state index contributed by atoms with van der Waals surface area (Å²) >= 11 is 0.669. The predicted octanol–water partition coefficient (Wildman–Crippen LogP) is -1.26. The Bertz CT molecular complexity index is 130. The molecule has 0 saturated heterocycles. The molecule has 0 amide bonds. The van der Waals surface area contributed by atoms with Crippen LogP contribution in [0, 0.1) is 5.92 Å². The number of carboxylic acid groups (broad SMARTS) is 1. The molecule has 0 aromatic heterocycles. The summed E-state index contributed by atoms with van der Waals surface area (Å²) in [6, 6.07) is 0. The average molecular weight is 243 g/mol. The fourth-order valence-corrected chi connectivity index (χ4v) is 2.84. The van der Waals surface area contributed by atoms with Crippen molar-refractivity contribution in [2.45, 2.75) is 31.0 Å². The van der Waals surface area contributed by atoms with E-state index >= 15 is 0 Å². The Balaban J connectivity index is 3.38. The second-order valence-electron chi connectivity index (χ2n) is 3.15. The summed E-state index contributed by atoms with van der Waals surface area (Å²) in [6.07, 6.45) is 4.21. The third-order valence-electron chi connectivity index (χ3n) is 2.14. The molecule has 0 aromatic rings. The molecule has 0 saturated carbocycles. The number of hydrogen-bond acceptors (Lipinski definition) is 1. The van der Waals surface area contributed by atoms with Gasteiger partial charge in [-0.2, -0.15) is 0 Å². The molecule has 0 aliphatic heterocycles. The number of aliphatic carboxylic acids is 1. The number of hydrogen-bond donors (Lipinski definition) is 2. The summed E-state index contributed by atoms with van der Waals surface area (Å²) in [4.78, 5) is 10.6. The zero-order chi connectivity index (χ0) is 9.40. The Kier molecular flexibility index (Phi) is 7.56. The van der Waals surface area contributed by atoms with Crippen molar-refractivity contribution in [3.05, 3.63) is 0 Å². The first-order chi connectivity index (χ1) is 5.72. The van der Waals surface area contributed by atoms with E-state index in [2.05, 4.69) is 5.73 Å². The Labute approximate surface area is 81.5 Å². The van der Waals surface area contributed by atoms with E-state index in [0.29, 0.717) is 16.0 Å². The molecule has 0 heterocycles. The minimum absolute atomic E-state index is 0.0465. The van der Waals surface area contributed by atoms with Crippen molar-refractivity contribution in [1.29, 1.82) is 0 Å². The van der Waals surface area contributed by atoms with E-state index in [-0.39, 0.29) is 5.92 Å². The van der Waals surface area contributed by atoms with Crippen LogP contribution in [0.4, 0.5) is 0 Å². The van der Waals surface area contributed by atoms with Crippen molar-refractivity contribution in [2.24, 2.45) is 5.92 Å². The molecular formula is C8H22NO2Se+. The molecule has 4 heteroatoms. The summed E-state index contributed by atoms with van der Waals surface area (Å²) in [5.74, 6) is -0.646. The van der Waals surface area contributed by atoms with Crippen molar-refractivity contribution < 1.29 is 15.6 Å². The van der Waals surface area contributed by atoms with Gasteiger partial charge in [-0.15, -0.1) is 0 Å². The molecule has 3 nitrogen and oxygen atoms in total. The zero-order valence-corrected chi connectivity index (χ0v) is 12.1. The number of carbonyl (C=O) groups is 1. The van der Waals surface area contributed by atoms with Crippen LogP contribution in [0.5, 0.6) is 0 Å². The predicted molar refractivity (Wildman–Crippen MR) is 54.9 cm³/mol. The van der Waals surface area contributed by atoms with Gasteiger partial charge in [0.15, 0.2) is 0 Å². The van der Waals surface area contributed by atoms with Gasteiger partial charge in [-0.1, -0.05) is 0 Å². The van der Waals surface area contributed by atoms with E-state index in [0.717, 1.165) is 37.5 Å². The molecule has 0 aromatic carbocycles. The molecule has 0 bridgehead atoms. The topological polar surface area (TPSA) is 64.9 Å². The maximum absolute atomic E-state index is 10.6. The Morgan fingerprint density at radius 1 is 1.42 bits per heavy atom.